The van der Waals surface area contributed by atoms with Gasteiger partial charge in [-0.05, 0) is 129 Å². The molecule has 0 radical (unpaired) electrons. The molecule has 0 spiro atoms. The second-order valence-corrected chi connectivity index (χ2v) is 16.6. The predicted octanol–water partition coefficient (Wildman–Crippen LogP) is 16.6. The molecule has 0 unspecified atom stereocenters. The number of hydrogen-bond acceptors (Lipinski definition) is 1. The summed E-state index contributed by atoms with van der Waals surface area (Å²) in [6.07, 6.45) is 3.70. The standard InChI is InChI=1S/C61H38N2/c1-2-14-44(15-3-1)58-50-20-10-11-21-51(50)59(53-29-26-45(38-54(53)58)40-24-22-39(23-25-40)41-34-36-62-37-35-41)52-30-33-55(49-19-9-8-18-48(49)52)63-56-31-27-42-12-4-6-16-46(42)60(56)61-47-17-7-5-13-43(47)28-32-57(61)63/h1-38H. The molecule has 0 aliphatic rings. The van der Waals surface area contributed by atoms with E-state index in [2.05, 4.69) is 228 Å². The van der Waals surface area contributed by atoms with Gasteiger partial charge < -0.3 is 4.57 Å². The molecule has 0 amide bonds. The number of nitrogens with zero attached hydrogens (tertiary/aromatic N) is 2. The maximum Gasteiger partial charge on any atom is 0.0548 e. The molecule has 2 aromatic heterocycles. The van der Waals surface area contributed by atoms with Crippen molar-refractivity contribution in [1.29, 1.82) is 0 Å². The molecule has 0 aliphatic carbocycles. The van der Waals surface area contributed by atoms with Gasteiger partial charge in [0, 0.05) is 28.6 Å². The van der Waals surface area contributed by atoms with Crippen molar-refractivity contribution in [3.63, 3.8) is 0 Å². The van der Waals surface area contributed by atoms with Crippen LogP contribution in [-0.4, -0.2) is 9.55 Å². The Morgan fingerprint density at radius 3 is 1.43 bits per heavy atom. The van der Waals surface area contributed by atoms with Crippen LogP contribution < -0.4 is 0 Å². The third-order valence-electron chi connectivity index (χ3n) is 13.3. The van der Waals surface area contributed by atoms with E-state index >= 15 is 0 Å². The number of fused-ring (bicyclic) bond motifs is 10. The highest BCUT2D eigenvalue weighted by atomic mass is 15.0. The van der Waals surface area contributed by atoms with E-state index in [-0.39, 0.29) is 0 Å². The van der Waals surface area contributed by atoms with E-state index in [1.54, 1.807) is 0 Å². The molecule has 63 heavy (non-hydrogen) atoms. The summed E-state index contributed by atoms with van der Waals surface area (Å²) < 4.78 is 2.51. The monoisotopic (exact) mass is 798 g/mol. The van der Waals surface area contributed by atoms with E-state index in [0.29, 0.717) is 0 Å². The van der Waals surface area contributed by atoms with Crippen LogP contribution in [-0.2, 0) is 0 Å². The molecule has 2 heteroatoms. The molecular weight excluding hydrogens is 761 g/mol. The molecule has 0 bridgehead atoms. The first-order valence-electron chi connectivity index (χ1n) is 21.7. The fraction of sp³-hybridized carbons (Fsp3) is 0. The summed E-state index contributed by atoms with van der Waals surface area (Å²) in [5.41, 5.74) is 13.3. The van der Waals surface area contributed by atoms with Gasteiger partial charge in [-0.15, -0.1) is 0 Å². The zero-order valence-electron chi connectivity index (χ0n) is 34.3. The molecule has 13 aromatic rings. The third kappa shape index (κ3) is 5.48. The van der Waals surface area contributed by atoms with Gasteiger partial charge in [0.25, 0.3) is 0 Å². The minimum absolute atomic E-state index is 1.16. The molecule has 13 rings (SSSR count). The second kappa shape index (κ2) is 14.1. The van der Waals surface area contributed by atoms with Gasteiger partial charge in [-0.1, -0.05) is 182 Å². The van der Waals surface area contributed by atoms with Crippen molar-refractivity contribution in [2.75, 3.05) is 0 Å². The van der Waals surface area contributed by atoms with Crippen LogP contribution in [0, 0.1) is 0 Å². The number of hydrogen-bond donors (Lipinski definition) is 0. The molecule has 2 heterocycles. The molecule has 0 fully saturated rings. The number of rotatable bonds is 5. The van der Waals surface area contributed by atoms with Crippen molar-refractivity contribution in [3.8, 4) is 50.2 Å². The number of benzene rings is 11. The van der Waals surface area contributed by atoms with Crippen LogP contribution in [0.4, 0.5) is 0 Å². The fourth-order valence-electron chi connectivity index (χ4n) is 10.5. The summed E-state index contributed by atoms with van der Waals surface area (Å²) in [4.78, 5) is 4.22. The first kappa shape index (κ1) is 35.4. The van der Waals surface area contributed by atoms with Crippen molar-refractivity contribution in [2.24, 2.45) is 0 Å². The van der Waals surface area contributed by atoms with Crippen LogP contribution in [0.25, 0.3) is 126 Å². The zero-order chi connectivity index (χ0) is 41.4. The summed E-state index contributed by atoms with van der Waals surface area (Å²) in [6, 6.07) is 80.6. The van der Waals surface area contributed by atoms with E-state index in [0.717, 1.165) is 5.56 Å². The summed E-state index contributed by atoms with van der Waals surface area (Å²) in [5, 5.41) is 15.0. The van der Waals surface area contributed by atoms with Crippen LogP contribution in [0.3, 0.4) is 0 Å². The van der Waals surface area contributed by atoms with Crippen molar-refractivity contribution < 1.29 is 0 Å². The third-order valence-corrected chi connectivity index (χ3v) is 13.3. The van der Waals surface area contributed by atoms with Gasteiger partial charge in [-0.3, -0.25) is 4.98 Å². The minimum Gasteiger partial charge on any atom is -0.309 e. The highest BCUT2D eigenvalue weighted by Gasteiger charge is 2.22. The Bertz CT molecular complexity index is 3840. The van der Waals surface area contributed by atoms with Gasteiger partial charge in [0.1, 0.15) is 0 Å². The Labute approximate surface area is 364 Å². The van der Waals surface area contributed by atoms with Gasteiger partial charge in [0.15, 0.2) is 0 Å². The summed E-state index contributed by atoms with van der Waals surface area (Å²) in [5.74, 6) is 0. The van der Waals surface area contributed by atoms with Gasteiger partial charge in [-0.25, -0.2) is 0 Å². The van der Waals surface area contributed by atoms with Gasteiger partial charge in [0.2, 0.25) is 0 Å². The molecule has 0 saturated carbocycles. The van der Waals surface area contributed by atoms with Crippen LogP contribution in [0.15, 0.2) is 231 Å². The molecule has 0 atom stereocenters. The van der Waals surface area contributed by atoms with Gasteiger partial charge in [-0.2, -0.15) is 0 Å². The summed E-state index contributed by atoms with van der Waals surface area (Å²) >= 11 is 0. The highest BCUT2D eigenvalue weighted by molar-refractivity contribution is 6.29. The Hall–Kier alpha value is -8.33. The Balaban J connectivity index is 1.08. The van der Waals surface area contributed by atoms with Crippen molar-refractivity contribution in [2.45, 2.75) is 0 Å². The maximum absolute atomic E-state index is 4.22. The first-order valence-corrected chi connectivity index (χ1v) is 21.7. The van der Waals surface area contributed by atoms with E-state index in [1.165, 1.54) is 120 Å². The Morgan fingerprint density at radius 1 is 0.286 bits per heavy atom. The topological polar surface area (TPSA) is 17.8 Å². The average Bonchev–Trinajstić information content (AvgIpc) is 3.71. The van der Waals surface area contributed by atoms with Crippen LogP contribution in [0.2, 0.25) is 0 Å². The van der Waals surface area contributed by atoms with Crippen molar-refractivity contribution in [1.82, 2.24) is 9.55 Å². The highest BCUT2D eigenvalue weighted by Crippen LogP contribution is 2.48. The normalized spacial score (nSPS) is 11.8. The summed E-state index contributed by atoms with van der Waals surface area (Å²) in [6.45, 7) is 0. The molecule has 0 N–H and O–H groups in total. The van der Waals surface area contributed by atoms with Crippen LogP contribution >= 0.6 is 0 Å². The lowest BCUT2D eigenvalue weighted by molar-refractivity contribution is 1.20. The van der Waals surface area contributed by atoms with E-state index < -0.39 is 0 Å². The largest absolute Gasteiger partial charge is 0.309 e. The van der Waals surface area contributed by atoms with E-state index in [4.69, 9.17) is 0 Å². The fourth-order valence-corrected chi connectivity index (χ4v) is 10.5. The molecule has 292 valence electrons. The average molecular weight is 799 g/mol. The molecule has 0 saturated heterocycles. The molecule has 2 nitrogen and oxygen atoms in total. The van der Waals surface area contributed by atoms with E-state index in [9.17, 15) is 0 Å². The molecule has 11 aromatic carbocycles. The Morgan fingerprint density at radius 2 is 0.778 bits per heavy atom. The SMILES string of the molecule is c1ccc(-c2c3ccccc3c(-c3ccc(-n4c5ccc6ccccc6c5c5c6ccccc6ccc54)c4ccccc34)c3ccc(-c4ccc(-c5ccncc5)cc4)cc23)cc1. The van der Waals surface area contributed by atoms with Gasteiger partial charge >= 0.3 is 0 Å². The number of pyridine rings is 1. The lowest BCUT2D eigenvalue weighted by atomic mass is 9.83. The van der Waals surface area contributed by atoms with Gasteiger partial charge in [0.05, 0.1) is 16.7 Å². The van der Waals surface area contributed by atoms with Crippen molar-refractivity contribution in [3.05, 3.63) is 231 Å². The second-order valence-electron chi connectivity index (χ2n) is 16.6. The molecular formula is C61H38N2. The predicted molar refractivity (Wildman–Crippen MR) is 268 cm³/mol. The quantitative estimate of drug-likeness (QED) is 0.159. The van der Waals surface area contributed by atoms with Crippen LogP contribution in [0.1, 0.15) is 0 Å². The zero-order valence-corrected chi connectivity index (χ0v) is 34.3. The number of aromatic nitrogens is 2. The smallest absolute Gasteiger partial charge is 0.0548 e. The summed E-state index contributed by atoms with van der Waals surface area (Å²) in [7, 11) is 0. The first-order chi connectivity index (χ1) is 31.3. The van der Waals surface area contributed by atoms with Crippen molar-refractivity contribution >= 4 is 75.7 Å². The Kier molecular flexibility index (Phi) is 7.94. The molecule has 0 aliphatic heterocycles. The minimum atomic E-state index is 1.16. The maximum atomic E-state index is 4.22. The van der Waals surface area contributed by atoms with E-state index in [1.807, 2.05) is 12.4 Å². The lowest BCUT2D eigenvalue weighted by Crippen LogP contribution is -1.97. The van der Waals surface area contributed by atoms with Crippen LogP contribution in [0.5, 0.6) is 0 Å². The lowest BCUT2D eigenvalue weighted by Gasteiger charge is -2.21.